The summed E-state index contributed by atoms with van der Waals surface area (Å²) in [7, 11) is 0. The van der Waals surface area contributed by atoms with Crippen LogP contribution < -0.4 is 0 Å². The minimum absolute atomic E-state index is 0.0491. The summed E-state index contributed by atoms with van der Waals surface area (Å²) in [6.07, 6.45) is 0.805. The van der Waals surface area contributed by atoms with Gasteiger partial charge in [-0.25, -0.2) is 4.39 Å². The molecule has 4 rings (SSSR count). The fourth-order valence-corrected chi connectivity index (χ4v) is 3.99. The van der Waals surface area contributed by atoms with Crippen LogP contribution in [0.4, 0.5) is 4.39 Å². The first-order chi connectivity index (χ1) is 13.6. The number of benzene rings is 1. The molecule has 2 aliphatic rings. The van der Waals surface area contributed by atoms with Crippen molar-refractivity contribution >= 4 is 5.91 Å². The fourth-order valence-electron chi connectivity index (χ4n) is 3.99. The molecule has 28 heavy (non-hydrogen) atoms. The fraction of sp³-hybridized carbons (Fsp3) is 0.476. The Balaban J connectivity index is 1.43. The number of amides is 1. The molecule has 0 saturated carbocycles. The third-order valence-corrected chi connectivity index (χ3v) is 5.58. The van der Waals surface area contributed by atoms with Crippen molar-refractivity contribution in [2.24, 2.45) is 0 Å². The van der Waals surface area contributed by atoms with Crippen LogP contribution in [0.15, 0.2) is 40.8 Å². The highest BCUT2D eigenvalue weighted by atomic mass is 19.1. The van der Waals surface area contributed by atoms with Gasteiger partial charge in [0.2, 0.25) is 0 Å². The number of halogens is 1. The van der Waals surface area contributed by atoms with Gasteiger partial charge in [0.15, 0.2) is 5.76 Å². The molecule has 1 aromatic heterocycles. The largest absolute Gasteiger partial charge is 0.451 e. The number of carbonyl (C=O) groups excluding carboxylic acids is 1. The minimum Gasteiger partial charge on any atom is -0.451 e. The normalized spacial score (nSPS) is 24.1. The summed E-state index contributed by atoms with van der Waals surface area (Å²) in [5, 5.41) is 10.6. The molecule has 2 saturated heterocycles. The van der Waals surface area contributed by atoms with Crippen LogP contribution in [0.2, 0.25) is 0 Å². The molecule has 6 nitrogen and oxygen atoms in total. The van der Waals surface area contributed by atoms with E-state index < -0.39 is 6.10 Å². The molecule has 0 radical (unpaired) electrons. The molecule has 150 valence electrons. The molecule has 2 atom stereocenters. The Hall–Kier alpha value is -2.22. The lowest BCUT2D eigenvalue weighted by molar-refractivity contribution is -0.0222. The first-order valence-electron chi connectivity index (χ1n) is 9.77. The van der Waals surface area contributed by atoms with E-state index in [2.05, 4.69) is 4.90 Å². The molecule has 2 aromatic rings. The van der Waals surface area contributed by atoms with Gasteiger partial charge in [-0.1, -0.05) is 0 Å². The average Bonchev–Trinajstić information content (AvgIpc) is 3.13. The van der Waals surface area contributed by atoms with Gasteiger partial charge in [0.25, 0.3) is 5.91 Å². The molecule has 1 N–H and O–H groups in total. The molecule has 2 aliphatic heterocycles. The van der Waals surface area contributed by atoms with Gasteiger partial charge >= 0.3 is 0 Å². The van der Waals surface area contributed by atoms with E-state index in [1.165, 1.54) is 12.1 Å². The van der Waals surface area contributed by atoms with Crippen LogP contribution in [-0.4, -0.2) is 72.4 Å². The Kier molecular flexibility index (Phi) is 5.75. The number of morpholine rings is 1. The standard InChI is InChI=1S/C21H25FN2O4/c22-16-3-1-15(2-4-16)19-5-6-20(28-19)21(26)24-9-7-17(18(25)8-10-24)23-11-13-27-14-12-23/h1-6,17-18,25H,7-14H2/t17-,18-/m0/s1. The van der Waals surface area contributed by atoms with Crippen molar-refractivity contribution in [2.75, 3.05) is 39.4 Å². The second-order valence-electron chi connectivity index (χ2n) is 7.32. The highest BCUT2D eigenvalue weighted by Gasteiger charge is 2.32. The van der Waals surface area contributed by atoms with E-state index in [9.17, 15) is 14.3 Å². The topological polar surface area (TPSA) is 66.2 Å². The Morgan fingerprint density at radius 1 is 1.00 bits per heavy atom. The van der Waals surface area contributed by atoms with Gasteiger partial charge in [-0.15, -0.1) is 0 Å². The SMILES string of the molecule is O=C(c1ccc(-c2ccc(F)cc2)o1)N1CC[C@H](O)[C@@H](N2CCOCC2)CC1. The maximum Gasteiger partial charge on any atom is 0.289 e. The number of aliphatic hydroxyl groups excluding tert-OH is 1. The zero-order valence-corrected chi connectivity index (χ0v) is 15.7. The summed E-state index contributed by atoms with van der Waals surface area (Å²) in [6.45, 7) is 4.07. The molecule has 0 aliphatic carbocycles. The van der Waals surface area contributed by atoms with E-state index in [1.54, 1.807) is 29.2 Å². The van der Waals surface area contributed by atoms with Crippen LogP contribution >= 0.6 is 0 Å². The molecular formula is C21H25FN2O4. The maximum atomic E-state index is 13.1. The Bertz CT molecular complexity index is 801. The van der Waals surface area contributed by atoms with Crippen LogP contribution in [-0.2, 0) is 4.74 Å². The van der Waals surface area contributed by atoms with Gasteiger partial charge in [-0.05, 0) is 49.2 Å². The van der Waals surface area contributed by atoms with Crippen molar-refractivity contribution < 1.29 is 23.4 Å². The summed E-state index contributed by atoms with van der Waals surface area (Å²) in [5.41, 5.74) is 0.721. The van der Waals surface area contributed by atoms with E-state index in [0.717, 1.165) is 25.1 Å². The summed E-state index contributed by atoms with van der Waals surface area (Å²) >= 11 is 0. The monoisotopic (exact) mass is 388 g/mol. The van der Waals surface area contributed by atoms with E-state index in [1.807, 2.05) is 0 Å². The minimum atomic E-state index is -0.456. The number of carbonyl (C=O) groups is 1. The first-order valence-corrected chi connectivity index (χ1v) is 9.77. The number of hydrogen-bond acceptors (Lipinski definition) is 5. The predicted molar refractivity (Wildman–Crippen MR) is 101 cm³/mol. The summed E-state index contributed by atoms with van der Waals surface area (Å²) in [6, 6.07) is 9.40. The molecule has 0 unspecified atom stereocenters. The van der Waals surface area contributed by atoms with Crippen molar-refractivity contribution in [2.45, 2.75) is 25.0 Å². The number of ether oxygens (including phenoxy) is 1. The number of aliphatic hydroxyl groups is 1. The number of hydrogen-bond donors (Lipinski definition) is 1. The van der Waals surface area contributed by atoms with Crippen molar-refractivity contribution in [1.82, 2.24) is 9.80 Å². The molecule has 3 heterocycles. The summed E-state index contributed by atoms with van der Waals surface area (Å²) in [4.78, 5) is 16.9. The number of likely N-dealkylation sites (tertiary alicyclic amines) is 1. The Labute approximate surface area is 163 Å². The lowest BCUT2D eigenvalue weighted by atomic mass is 10.0. The number of furan rings is 1. The number of rotatable bonds is 3. The smallest absolute Gasteiger partial charge is 0.289 e. The number of nitrogens with zero attached hydrogens (tertiary/aromatic N) is 2. The maximum absolute atomic E-state index is 13.1. The van der Waals surface area contributed by atoms with Crippen molar-refractivity contribution in [3.8, 4) is 11.3 Å². The first kappa shape index (κ1) is 19.1. The molecular weight excluding hydrogens is 363 g/mol. The zero-order valence-electron chi connectivity index (χ0n) is 15.7. The highest BCUT2D eigenvalue weighted by molar-refractivity contribution is 5.92. The Morgan fingerprint density at radius 2 is 1.71 bits per heavy atom. The lowest BCUT2D eigenvalue weighted by Crippen LogP contribution is -2.49. The predicted octanol–water partition coefficient (Wildman–Crippen LogP) is 2.38. The van der Waals surface area contributed by atoms with Crippen molar-refractivity contribution in [1.29, 1.82) is 0 Å². The van der Waals surface area contributed by atoms with Crippen LogP contribution in [0.1, 0.15) is 23.4 Å². The third kappa shape index (κ3) is 4.11. The van der Waals surface area contributed by atoms with Gasteiger partial charge in [0.05, 0.1) is 19.3 Å². The average molecular weight is 388 g/mol. The molecule has 1 amide bonds. The summed E-state index contributed by atoms with van der Waals surface area (Å²) < 4.78 is 24.2. The van der Waals surface area contributed by atoms with Gasteiger partial charge in [-0.3, -0.25) is 9.69 Å². The Morgan fingerprint density at radius 3 is 2.46 bits per heavy atom. The lowest BCUT2D eigenvalue weighted by Gasteiger charge is -2.36. The van der Waals surface area contributed by atoms with Crippen molar-refractivity contribution in [3.63, 3.8) is 0 Å². The van der Waals surface area contributed by atoms with E-state index >= 15 is 0 Å². The van der Waals surface area contributed by atoms with Gasteiger partial charge < -0.3 is 19.2 Å². The molecule has 7 heteroatoms. The zero-order chi connectivity index (χ0) is 19.5. The van der Waals surface area contributed by atoms with E-state index in [4.69, 9.17) is 9.15 Å². The summed E-state index contributed by atoms with van der Waals surface area (Å²) in [5.74, 6) is 0.302. The van der Waals surface area contributed by atoms with Gasteiger partial charge in [0.1, 0.15) is 11.6 Å². The quantitative estimate of drug-likeness (QED) is 0.875. The molecule has 0 spiro atoms. The van der Waals surface area contributed by atoms with E-state index in [0.29, 0.717) is 38.5 Å². The molecule has 0 bridgehead atoms. The second-order valence-corrected chi connectivity index (χ2v) is 7.32. The van der Waals surface area contributed by atoms with Crippen LogP contribution in [0, 0.1) is 5.82 Å². The van der Waals surface area contributed by atoms with Crippen LogP contribution in [0.3, 0.4) is 0 Å². The van der Waals surface area contributed by atoms with Gasteiger partial charge in [0, 0.05) is 37.8 Å². The molecule has 1 aromatic carbocycles. The third-order valence-electron chi connectivity index (χ3n) is 5.58. The molecule has 2 fully saturated rings. The van der Waals surface area contributed by atoms with Crippen LogP contribution in [0.5, 0.6) is 0 Å². The van der Waals surface area contributed by atoms with Crippen LogP contribution in [0.25, 0.3) is 11.3 Å². The van der Waals surface area contributed by atoms with Gasteiger partial charge in [-0.2, -0.15) is 0 Å². The van der Waals surface area contributed by atoms with Crippen molar-refractivity contribution in [3.05, 3.63) is 48.0 Å². The second kappa shape index (κ2) is 8.43. The highest BCUT2D eigenvalue weighted by Crippen LogP contribution is 2.25. The van der Waals surface area contributed by atoms with E-state index in [-0.39, 0.29) is 23.5 Å².